The Morgan fingerprint density at radius 1 is 1.30 bits per heavy atom. The lowest BCUT2D eigenvalue weighted by molar-refractivity contribution is 0.205. The zero-order valence-electron chi connectivity index (χ0n) is 15.8. The highest BCUT2D eigenvalue weighted by Gasteiger charge is 2.16. The van der Waals surface area contributed by atoms with Crippen molar-refractivity contribution in [2.45, 2.75) is 39.4 Å². The van der Waals surface area contributed by atoms with Crippen LogP contribution < -0.4 is 5.32 Å². The Labute approximate surface area is 163 Å². The first kappa shape index (κ1) is 19.0. The van der Waals surface area contributed by atoms with Crippen molar-refractivity contribution >= 4 is 17.6 Å². The monoisotopic (exact) mass is 384 g/mol. The number of imidazole rings is 1. The van der Waals surface area contributed by atoms with Gasteiger partial charge in [-0.1, -0.05) is 48.7 Å². The number of carbonyl (C=O) groups excluding carboxylic acids is 1. The maximum absolute atomic E-state index is 12.5. The first-order valence-electron chi connectivity index (χ1n) is 8.88. The van der Waals surface area contributed by atoms with Crippen LogP contribution in [0.5, 0.6) is 0 Å². The van der Waals surface area contributed by atoms with Gasteiger partial charge in [0, 0.05) is 26.0 Å². The highest BCUT2D eigenvalue weighted by Crippen LogP contribution is 2.19. The molecule has 0 saturated carbocycles. The normalized spacial score (nSPS) is 11.0. The fourth-order valence-corrected chi connectivity index (χ4v) is 3.50. The number of nitrogens with one attached hydrogen (secondary N) is 1. The van der Waals surface area contributed by atoms with Gasteiger partial charge < -0.3 is 14.8 Å². The zero-order chi connectivity index (χ0) is 19.2. The van der Waals surface area contributed by atoms with E-state index in [2.05, 4.69) is 50.4 Å². The number of hydrogen-bond donors (Lipinski definition) is 1. The van der Waals surface area contributed by atoms with E-state index in [9.17, 15) is 4.79 Å². The number of urea groups is 1. The van der Waals surface area contributed by atoms with Gasteiger partial charge in [-0.05, 0) is 23.0 Å². The van der Waals surface area contributed by atoms with Crippen molar-refractivity contribution in [3.63, 3.8) is 0 Å². The fraction of sp³-hybridized carbons (Fsp3) is 0.368. The molecular weight excluding hydrogens is 360 g/mol. The topological polar surface area (TPSA) is 75.9 Å². The minimum atomic E-state index is -0.146. The van der Waals surface area contributed by atoms with Crippen LogP contribution in [0.25, 0.3) is 0 Å². The molecule has 3 aromatic rings. The van der Waals surface area contributed by atoms with Crippen molar-refractivity contribution < 1.29 is 4.79 Å². The molecule has 2 aromatic heterocycles. The van der Waals surface area contributed by atoms with E-state index in [0.717, 1.165) is 22.9 Å². The summed E-state index contributed by atoms with van der Waals surface area (Å²) in [5, 5.41) is 7.08. The van der Waals surface area contributed by atoms with E-state index < -0.39 is 0 Å². The van der Waals surface area contributed by atoms with Crippen LogP contribution in [0.3, 0.4) is 0 Å². The van der Waals surface area contributed by atoms with Crippen LogP contribution in [0.4, 0.5) is 4.79 Å². The van der Waals surface area contributed by atoms with Crippen molar-refractivity contribution in [2.24, 2.45) is 0 Å². The predicted octanol–water partition coefficient (Wildman–Crippen LogP) is 3.25. The van der Waals surface area contributed by atoms with E-state index in [1.807, 2.05) is 24.4 Å². The van der Waals surface area contributed by atoms with E-state index in [0.29, 0.717) is 19.0 Å². The second-order valence-electron chi connectivity index (χ2n) is 6.71. The Morgan fingerprint density at radius 3 is 2.81 bits per heavy atom. The minimum absolute atomic E-state index is 0.146. The molecule has 7 nitrogen and oxygen atoms in total. The third kappa shape index (κ3) is 4.91. The number of benzene rings is 1. The molecule has 2 heterocycles. The Kier molecular flexibility index (Phi) is 6.18. The number of rotatable bonds is 7. The first-order chi connectivity index (χ1) is 13.0. The molecule has 0 aliphatic heterocycles. The van der Waals surface area contributed by atoms with E-state index >= 15 is 0 Å². The number of nitrogens with zero attached hydrogens (tertiary/aromatic N) is 5. The van der Waals surface area contributed by atoms with Crippen LogP contribution >= 0.6 is 11.5 Å². The van der Waals surface area contributed by atoms with Gasteiger partial charge in [0.2, 0.25) is 0 Å². The number of amides is 2. The summed E-state index contributed by atoms with van der Waals surface area (Å²) < 4.78 is 6.05. The van der Waals surface area contributed by atoms with Crippen LogP contribution in [-0.2, 0) is 19.6 Å². The number of aromatic nitrogens is 4. The highest BCUT2D eigenvalue weighted by molar-refractivity contribution is 7.05. The van der Waals surface area contributed by atoms with Gasteiger partial charge in [0.25, 0.3) is 0 Å². The molecule has 0 atom stereocenters. The van der Waals surface area contributed by atoms with Crippen molar-refractivity contribution in [1.29, 1.82) is 0 Å². The van der Waals surface area contributed by atoms with Gasteiger partial charge in [-0.15, -0.1) is 5.10 Å². The Balaban J connectivity index is 1.57. The van der Waals surface area contributed by atoms with Crippen LogP contribution in [0.2, 0.25) is 0 Å². The largest absolute Gasteiger partial charge is 0.333 e. The first-order valence-corrected chi connectivity index (χ1v) is 9.66. The Hall–Kier alpha value is -2.74. The second-order valence-corrected chi connectivity index (χ2v) is 7.55. The molecule has 8 heteroatoms. The maximum atomic E-state index is 12.5. The molecule has 2 amide bonds. The lowest BCUT2D eigenvalue weighted by atomic mass is 10.1. The summed E-state index contributed by atoms with van der Waals surface area (Å²) in [5.41, 5.74) is 2.14. The van der Waals surface area contributed by atoms with Crippen molar-refractivity contribution in [3.05, 3.63) is 64.7 Å². The fourth-order valence-electron chi connectivity index (χ4n) is 2.77. The molecule has 142 valence electrons. The van der Waals surface area contributed by atoms with E-state index in [1.165, 1.54) is 17.1 Å². The van der Waals surface area contributed by atoms with Gasteiger partial charge in [0.15, 0.2) is 0 Å². The second kappa shape index (κ2) is 8.77. The van der Waals surface area contributed by atoms with Gasteiger partial charge in [0.1, 0.15) is 5.82 Å². The quantitative estimate of drug-likeness (QED) is 0.678. The summed E-state index contributed by atoms with van der Waals surface area (Å²) in [7, 11) is 1.77. The molecule has 0 saturated heterocycles. The average molecular weight is 385 g/mol. The molecule has 3 rings (SSSR count). The molecule has 0 aliphatic rings. The third-order valence-electron chi connectivity index (χ3n) is 4.26. The Morgan fingerprint density at radius 2 is 2.07 bits per heavy atom. The highest BCUT2D eigenvalue weighted by atomic mass is 32.1. The zero-order valence-corrected chi connectivity index (χ0v) is 16.6. The summed E-state index contributed by atoms with van der Waals surface area (Å²) in [6.45, 7) is 5.74. The molecule has 0 aliphatic carbocycles. The Bertz CT molecular complexity index is 873. The average Bonchev–Trinajstić information content (AvgIpc) is 3.30. The van der Waals surface area contributed by atoms with Crippen LogP contribution in [0.15, 0.2) is 42.7 Å². The van der Waals surface area contributed by atoms with Gasteiger partial charge in [0.05, 0.1) is 23.7 Å². The molecule has 0 bridgehead atoms. The van der Waals surface area contributed by atoms with Gasteiger partial charge in [-0.3, -0.25) is 0 Å². The van der Waals surface area contributed by atoms with Gasteiger partial charge in [-0.2, -0.15) is 0 Å². The predicted molar refractivity (Wildman–Crippen MR) is 105 cm³/mol. The summed E-state index contributed by atoms with van der Waals surface area (Å²) in [6, 6.07) is 10.0. The SMILES string of the molecule is CC(C)c1nnsc1CNC(=O)N(C)Cc1nccn1Cc1ccccc1. The summed E-state index contributed by atoms with van der Waals surface area (Å²) in [5.74, 6) is 1.14. The molecule has 0 fully saturated rings. The smallest absolute Gasteiger partial charge is 0.317 e. The molecule has 27 heavy (non-hydrogen) atoms. The molecule has 0 spiro atoms. The van der Waals surface area contributed by atoms with Crippen LogP contribution in [0, 0.1) is 0 Å². The summed E-state index contributed by atoms with van der Waals surface area (Å²) >= 11 is 1.33. The molecular formula is C19H24N6OS. The lowest BCUT2D eigenvalue weighted by Gasteiger charge is -2.18. The van der Waals surface area contributed by atoms with Crippen molar-refractivity contribution in [1.82, 2.24) is 29.4 Å². The maximum Gasteiger partial charge on any atom is 0.317 e. The van der Waals surface area contributed by atoms with Gasteiger partial charge in [-0.25, -0.2) is 9.78 Å². The number of carbonyl (C=O) groups is 1. The number of hydrogen-bond acceptors (Lipinski definition) is 5. The van der Waals surface area contributed by atoms with E-state index in [-0.39, 0.29) is 6.03 Å². The lowest BCUT2D eigenvalue weighted by Crippen LogP contribution is -2.37. The van der Waals surface area contributed by atoms with Crippen LogP contribution in [0.1, 0.15) is 41.7 Å². The molecule has 0 unspecified atom stereocenters. The van der Waals surface area contributed by atoms with Crippen molar-refractivity contribution in [3.8, 4) is 0 Å². The van der Waals surface area contributed by atoms with Crippen molar-refractivity contribution in [2.75, 3.05) is 7.05 Å². The third-order valence-corrected chi connectivity index (χ3v) is 4.99. The minimum Gasteiger partial charge on any atom is -0.333 e. The summed E-state index contributed by atoms with van der Waals surface area (Å²) in [6.07, 6.45) is 3.70. The van der Waals surface area contributed by atoms with E-state index in [4.69, 9.17) is 0 Å². The van der Waals surface area contributed by atoms with Gasteiger partial charge >= 0.3 is 6.03 Å². The molecule has 0 radical (unpaired) electrons. The van der Waals surface area contributed by atoms with E-state index in [1.54, 1.807) is 18.1 Å². The molecule has 1 aromatic carbocycles. The standard InChI is InChI=1S/C19H24N6OS/c1-14(2)18-16(27-23-22-18)11-21-19(26)24(3)13-17-20-9-10-25(17)12-15-7-5-4-6-8-15/h4-10,14H,11-13H2,1-3H3,(H,21,26). The van der Waals surface area contributed by atoms with Crippen LogP contribution in [-0.4, -0.2) is 37.1 Å². The summed E-state index contributed by atoms with van der Waals surface area (Å²) in [4.78, 5) is 19.5. The molecule has 1 N–H and O–H groups in total.